The van der Waals surface area contributed by atoms with Crippen molar-refractivity contribution in [3.8, 4) is 11.6 Å². The lowest BCUT2D eigenvalue weighted by Gasteiger charge is -2.13. The van der Waals surface area contributed by atoms with E-state index in [1.54, 1.807) is 37.3 Å². The van der Waals surface area contributed by atoms with Crippen LogP contribution in [0.5, 0.6) is 11.6 Å². The number of ether oxygens (including phenoxy) is 2. The Balaban J connectivity index is 2.33. The highest BCUT2D eigenvalue weighted by Gasteiger charge is 2.23. The van der Waals surface area contributed by atoms with E-state index in [1.165, 1.54) is 0 Å². The van der Waals surface area contributed by atoms with Crippen molar-refractivity contribution in [3.63, 3.8) is 0 Å². The van der Waals surface area contributed by atoms with Crippen LogP contribution in [0.2, 0.25) is 0 Å². The molecule has 21 heavy (non-hydrogen) atoms. The minimum Gasteiger partial charge on any atom is -0.492 e. The zero-order chi connectivity index (χ0) is 15.4. The molecule has 0 fully saturated rings. The minimum absolute atomic E-state index is 0.542. The summed E-state index contributed by atoms with van der Waals surface area (Å²) in [6, 6.07) is 1.79. The number of aliphatic hydroxyl groups excluding tert-OH is 1. The number of hydrogen-bond acceptors (Lipinski definition) is 5. The first-order valence-electron chi connectivity index (χ1n) is 6.91. The van der Waals surface area contributed by atoms with E-state index in [0.29, 0.717) is 29.4 Å². The molecule has 0 aliphatic rings. The third kappa shape index (κ3) is 3.16. The number of nitrogens with zero attached hydrogens (tertiary/aromatic N) is 3. The van der Waals surface area contributed by atoms with Crippen molar-refractivity contribution in [1.82, 2.24) is 14.8 Å². The Hall–Kier alpha value is -2.08. The quantitative estimate of drug-likeness (QED) is 0.881. The van der Waals surface area contributed by atoms with Crippen LogP contribution in [-0.2, 0) is 7.05 Å². The van der Waals surface area contributed by atoms with Crippen LogP contribution < -0.4 is 9.47 Å². The van der Waals surface area contributed by atoms with Crippen molar-refractivity contribution in [1.29, 1.82) is 0 Å². The van der Waals surface area contributed by atoms with E-state index in [1.807, 2.05) is 13.8 Å². The molecule has 0 aliphatic heterocycles. The van der Waals surface area contributed by atoms with Crippen molar-refractivity contribution in [3.05, 3.63) is 35.3 Å². The molecular weight excluding hydrogens is 270 g/mol. The summed E-state index contributed by atoms with van der Waals surface area (Å²) in [4.78, 5) is 4.12. The molecule has 0 saturated carbocycles. The number of aryl methyl sites for hydroxylation is 2. The van der Waals surface area contributed by atoms with Crippen LogP contribution >= 0.6 is 0 Å². The lowest BCUT2D eigenvalue weighted by Crippen LogP contribution is -2.05. The van der Waals surface area contributed by atoms with Crippen LogP contribution in [0.4, 0.5) is 0 Å². The summed E-state index contributed by atoms with van der Waals surface area (Å²) in [5, 5.41) is 14.9. The highest BCUT2D eigenvalue weighted by atomic mass is 16.5. The van der Waals surface area contributed by atoms with Crippen LogP contribution in [0.3, 0.4) is 0 Å². The van der Waals surface area contributed by atoms with Crippen LogP contribution in [0, 0.1) is 6.92 Å². The maximum absolute atomic E-state index is 10.6. The first-order valence-corrected chi connectivity index (χ1v) is 6.91. The number of pyridine rings is 1. The van der Waals surface area contributed by atoms with Gasteiger partial charge >= 0.3 is 0 Å². The van der Waals surface area contributed by atoms with E-state index in [9.17, 15) is 5.11 Å². The molecule has 6 nitrogen and oxygen atoms in total. The van der Waals surface area contributed by atoms with Gasteiger partial charge in [-0.05, 0) is 19.4 Å². The first kappa shape index (κ1) is 15.3. The standard InChI is InChI=1S/C15H21N3O3/c1-5-6-21-12-7-11(8-16-9-12)14(19)13-10(2)17-18(3)15(13)20-4/h7-9,14,19H,5-6H2,1-4H3. The smallest absolute Gasteiger partial charge is 0.217 e. The highest BCUT2D eigenvalue weighted by molar-refractivity contribution is 5.40. The van der Waals surface area contributed by atoms with Gasteiger partial charge in [-0.25, -0.2) is 4.68 Å². The van der Waals surface area contributed by atoms with Crippen molar-refractivity contribution >= 4 is 0 Å². The minimum atomic E-state index is -0.855. The molecule has 2 aromatic heterocycles. The highest BCUT2D eigenvalue weighted by Crippen LogP contribution is 2.33. The molecule has 2 heterocycles. The summed E-state index contributed by atoms with van der Waals surface area (Å²) < 4.78 is 12.5. The average Bonchev–Trinajstić information content (AvgIpc) is 2.78. The lowest BCUT2D eigenvalue weighted by atomic mass is 10.0. The number of rotatable bonds is 6. The van der Waals surface area contributed by atoms with E-state index < -0.39 is 6.10 Å². The van der Waals surface area contributed by atoms with Crippen molar-refractivity contribution < 1.29 is 14.6 Å². The topological polar surface area (TPSA) is 69.4 Å². The predicted molar refractivity (Wildman–Crippen MR) is 78.6 cm³/mol. The summed E-state index contributed by atoms with van der Waals surface area (Å²) in [6.07, 6.45) is 3.32. The molecule has 1 N–H and O–H groups in total. The van der Waals surface area contributed by atoms with E-state index in [-0.39, 0.29) is 0 Å². The van der Waals surface area contributed by atoms with Crippen LogP contribution in [0.15, 0.2) is 18.5 Å². The van der Waals surface area contributed by atoms with Gasteiger partial charge < -0.3 is 14.6 Å². The average molecular weight is 291 g/mol. The summed E-state index contributed by atoms with van der Waals surface area (Å²) in [5.41, 5.74) is 2.02. The summed E-state index contributed by atoms with van der Waals surface area (Å²) >= 11 is 0. The van der Waals surface area contributed by atoms with Crippen LogP contribution in [0.1, 0.15) is 36.3 Å². The molecule has 2 aromatic rings. The molecular formula is C15H21N3O3. The predicted octanol–water partition coefficient (Wildman–Crippen LogP) is 2.00. The number of aromatic nitrogens is 3. The molecule has 0 amide bonds. The molecule has 0 saturated heterocycles. The zero-order valence-electron chi connectivity index (χ0n) is 12.8. The molecule has 1 unspecified atom stereocenters. The van der Waals surface area contributed by atoms with Gasteiger partial charge in [0.2, 0.25) is 5.88 Å². The lowest BCUT2D eigenvalue weighted by molar-refractivity contribution is 0.211. The van der Waals surface area contributed by atoms with Gasteiger partial charge in [0.15, 0.2) is 0 Å². The Bertz CT molecular complexity index is 610. The maximum atomic E-state index is 10.6. The van der Waals surface area contributed by atoms with Gasteiger partial charge in [-0.15, -0.1) is 0 Å². The Morgan fingerprint density at radius 2 is 2.14 bits per heavy atom. The van der Waals surface area contributed by atoms with Crippen molar-refractivity contribution in [2.75, 3.05) is 13.7 Å². The summed E-state index contributed by atoms with van der Waals surface area (Å²) in [6.45, 7) is 4.50. The SMILES string of the molecule is CCCOc1cncc(C(O)c2c(C)nn(C)c2OC)c1. The monoisotopic (exact) mass is 291 g/mol. The van der Waals surface area contributed by atoms with Crippen LogP contribution in [0.25, 0.3) is 0 Å². The van der Waals surface area contributed by atoms with E-state index in [0.717, 1.165) is 12.1 Å². The van der Waals surface area contributed by atoms with Gasteiger partial charge in [-0.3, -0.25) is 4.98 Å². The van der Waals surface area contributed by atoms with E-state index in [2.05, 4.69) is 10.1 Å². The van der Waals surface area contributed by atoms with Crippen molar-refractivity contribution in [2.24, 2.45) is 7.05 Å². The zero-order valence-corrected chi connectivity index (χ0v) is 12.8. The number of methoxy groups -OCH3 is 1. The molecule has 0 bridgehead atoms. The Morgan fingerprint density at radius 1 is 1.38 bits per heavy atom. The normalized spacial score (nSPS) is 12.2. The molecule has 6 heteroatoms. The van der Waals surface area contributed by atoms with Crippen molar-refractivity contribution in [2.45, 2.75) is 26.4 Å². The first-order chi connectivity index (χ1) is 10.1. The fourth-order valence-electron chi connectivity index (χ4n) is 2.26. The third-order valence-electron chi connectivity index (χ3n) is 3.20. The van der Waals surface area contributed by atoms with Gasteiger partial charge in [0.25, 0.3) is 0 Å². The van der Waals surface area contributed by atoms with Gasteiger partial charge in [-0.1, -0.05) is 6.92 Å². The second-order valence-corrected chi connectivity index (χ2v) is 4.84. The van der Waals surface area contributed by atoms with Gasteiger partial charge in [0.05, 0.1) is 31.2 Å². The summed E-state index contributed by atoms with van der Waals surface area (Å²) in [5.74, 6) is 1.19. The molecule has 0 spiro atoms. The van der Waals surface area contributed by atoms with Gasteiger partial charge in [0.1, 0.15) is 11.9 Å². The number of hydrogen-bond donors (Lipinski definition) is 1. The number of aliphatic hydroxyl groups is 1. The Labute approximate surface area is 124 Å². The molecule has 0 radical (unpaired) electrons. The maximum Gasteiger partial charge on any atom is 0.217 e. The second kappa shape index (κ2) is 6.58. The molecule has 1 atom stereocenters. The molecule has 0 aliphatic carbocycles. The Morgan fingerprint density at radius 3 is 2.81 bits per heavy atom. The molecule has 114 valence electrons. The third-order valence-corrected chi connectivity index (χ3v) is 3.20. The van der Waals surface area contributed by atoms with Crippen LogP contribution in [-0.4, -0.2) is 33.6 Å². The fraction of sp³-hybridized carbons (Fsp3) is 0.467. The van der Waals surface area contributed by atoms with Gasteiger partial charge in [0, 0.05) is 18.8 Å². The Kier molecular flexibility index (Phi) is 4.80. The summed E-state index contributed by atoms with van der Waals surface area (Å²) in [7, 11) is 3.34. The second-order valence-electron chi connectivity index (χ2n) is 4.84. The van der Waals surface area contributed by atoms with Gasteiger partial charge in [-0.2, -0.15) is 5.10 Å². The van der Waals surface area contributed by atoms with E-state index in [4.69, 9.17) is 9.47 Å². The molecule has 0 aromatic carbocycles. The van der Waals surface area contributed by atoms with E-state index >= 15 is 0 Å². The fourth-order valence-corrected chi connectivity index (χ4v) is 2.26. The molecule has 2 rings (SSSR count). The largest absolute Gasteiger partial charge is 0.492 e.